The molecule has 1 fully saturated rings. The van der Waals surface area contributed by atoms with Crippen LogP contribution in [-0.2, 0) is 11.2 Å². The van der Waals surface area contributed by atoms with Gasteiger partial charge in [-0.15, -0.1) is 0 Å². The summed E-state index contributed by atoms with van der Waals surface area (Å²) in [5.41, 5.74) is 0.790. The number of ether oxygens (including phenoxy) is 1. The van der Waals surface area contributed by atoms with E-state index in [9.17, 15) is 4.39 Å². The lowest BCUT2D eigenvalue weighted by atomic mass is 9.89. The normalized spacial score (nSPS) is 25.6. The summed E-state index contributed by atoms with van der Waals surface area (Å²) in [6.45, 7) is 1.90. The van der Waals surface area contributed by atoms with E-state index in [2.05, 4.69) is 5.32 Å². The average molecular weight is 223 g/mol. The third kappa shape index (κ3) is 2.60. The maximum absolute atomic E-state index is 13.5. The summed E-state index contributed by atoms with van der Waals surface area (Å²) in [5.74, 6) is 0.263. The number of piperidine rings is 1. The summed E-state index contributed by atoms with van der Waals surface area (Å²) in [6, 6.07) is 6.99. The van der Waals surface area contributed by atoms with Crippen molar-refractivity contribution in [2.24, 2.45) is 5.92 Å². The molecular weight excluding hydrogens is 205 g/mol. The molecule has 2 nitrogen and oxygen atoms in total. The Morgan fingerprint density at radius 1 is 1.44 bits per heavy atom. The maximum Gasteiger partial charge on any atom is 0.126 e. The van der Waals surface area contributed by atoms with Gasteiger partial charge in [-0.25, -0.2) is 4.39 Å². The molecule has 0 aliphatic carbocycles. The predicted molar refractivity (Wildman–Crippen MR) is 61.9 cm³/mol. The number of halogens is 1. The molecule has 0 spiro atoms. The molecule has 0 amide bonds. The lowest BCUT2D eigenvalue weighted by molar-refractivity contribution is 0.0308. The molecule has 1 aromatic rings. The van der Waals surface area contributed by atoms with Crippen LogP contribution in [0.2, 0.25) is 0 Å². The average Bonchev–Trinajstić information content (AvgIpc) is 2.33. The summed E-state index contributed by atoms with van der Waals surface area (Å²) in [5, 5.41) is 3.34. The standard InChI is InChI=1S/C13H18FNO/c1-16-13-6-7-15-9-11(13)8-10-4-2-3-5-12(10)14/h2-5,11,13,15H,6-9H2,1H3/t11-,13+/m1/s1. The highest BCUT2D eigenvalue weighted by molar-refractivity contribution is 5.18. The van der Waals surface area contributed by atoms with Gasteiger partial charge >= 0.3 is 0 Å². The molecule has 1 N–H and O–H groups in total. The van der Waals surface area contributed by atoms with E-state index in [0.717, 1.165) is 31.5 Å². The van der Waals surface area contributed by atoms with Gasteiger partial charge in [0.05, 0.1) is 6.10 Å². The van der Waals surface area contributed by atoms with E-state index in [-0.39, 0.29) is 11.9 Å². The molecular formula is C13H18FNO. The summed E-state index contributed by atoms with van der Waals surface area (Å²) >= 11 is 0. The number of benzene rings is 1. The van der Waals surface area contributed by atoms with Gasteiger partial charge in [-0.2, -0.15) is 0 Å². The third-order valence-electron chi connectivity index (χ3n) is 3.28. The van der Waals surface area contributed by atoms with Crippen LogP contribution in [0.4, 0.5) is 4.39 Å². The van der Waals surface area contributed by atoms with Crippen molar-refractivity contribution >= 4 is 0 Å². The van der Waals surface area contributed by atoms with E-state index in [1.54, 1.807) is 13.2 Å². The molecule has 2 atom stereocenters. The molecule has 0 radical (unpaired) electrons. The van der Waals surface area contributed by atoms with E-state index < -0.39 is 0 Å². The molecule has 0 aromatic heterocycles. The number of hydrogen-bond donors (Lipinski definition) is 1. The zero-order chi connectivity index (χ0) is 11.4. The zero-order valence-corrected chi connectivity index (χ0v) is 9.58. The number of methoxy groups -OCH3 is 1. The van der Waals surface area contributed by atoms with Crippen LogP contribution in [0, 0.1) is 11.7 Å². The van der Waals surface area contributed by atoms with Crippen molar-refractivity contribution in [1.82, 2.24) is 5.32 Å². The fraction of sp³-hybridized carbons (Fsp3) is 0.538. The Hall–Kier alpha value is -0.930. The Labute approximate surface area is 95.8 Å². The Kier molecular flexibility index (Phi) is 3.91. The topological polar surface area (TPSA) is 21.3 Å². The van der Waals surface area contributed by atoms with Crippen molar-refractivity contribution in [3.63, 3.8) is 0 Å². The van der Waals surface area contributed by atoms with Gasteiger partial charge in [0.1, 0.15) is 5.82 Å². The minimum atomic E-state index is -0.108. The smallest absolute Gasteiger partial charge is 0.126 e. The minimum absolute atomic E-state index is 0.108. The second-order valence-corrected chi connectivity index (χ2v) is 4.32. The number of hydrogen-bond acceptors (Lipinski definition) is 2. The van der Waals surface area contributed by atoms with Gasteiger partial charge in [0.25, 0.3) is 0 Å². The van der Waals surface area contributed by atoms with Crippen molar-refractivity contribution in [3.05, 3.63) is 35.6 Å². The molecule has 0 saturated carbocycles. The lowest BCUT2D eigenvalue weighted by Gasteiger charge is -2.31. The first-order valence-corrected chi connectivity index (χ1v) is 5.78. The first-order chi connectivity index (χ1) is 7.81. The monoisotopic (exact) mass is 223 g/mol. The molecule has 0 bridgehead atoms. The quantitative estimate of drug-likeness (QED) is 0.846. The van der Waals surface area contributed by atoms with Crippen LogP contribution >= 0.6 is 0 Å². The van der Waals surface area contributed by atoms with Gasteiger partial charge in [-0.1, -0.05) is 18.2 Å². The van der Waals surface area contributed by atoms with E-state index in [1.807, 2.05) is 12.1 Å². The minimum Gasteiger partial charge on any atom is -0.381 e. The molecule has 1 saturated heterocycles. The second kappa shape index (κ2) is 5.41. The molecule has 1 aliphatic rings. The van der Waals surface area contributed by atoms with Gasteiger partial charge in [0.15, 0.2) is 0 Å². The molecule has 16 heavy (non-hydrogen) atoms. The van der Waals surface area contributed by atoms with Gasteiger partial charge in [-0.3, -0.25) is 0 Å². The van der Waals surface area contributed by atoms with Crippen molar-refractivity contribution in [2.75, 3.05) is 20.2 Å². The van der Waals surface area contributed by atoms with E-state index >= 15 is 0 Å². The van der Waals surface area contributed by atoms with Gasteiger partial charge < -0.3 is 10.1 Å². The van der Waals surface area contributed by atoms with Crippen molar-refractivity contribution in [2.45, 2.75) is 18.9 Å². The van der Waals surface area contributed by atoms with Crippen LogP contribution in [0.1, 0.15) is 12.0 Å². The Bertz CT molecular complexity index is 342. The Balaban J connectivity index is 2.05. The maximum atomic E-state index is 13.5. The molecule has 1 heterocycles. The highest BCUT2D eigenvalue weighted by Gasteiger charge is 2.25. The fourth-order valence-electron chi connectivity index (χ4n) is 2.36. The predicted octanol–water partition coefficient (Wildman–Crippen LogP) is 1.99. The first-order valence-electron chi connectivity index (χ1n) is 5.78. The Morgan fingerprint density at radius 3 is 3.00 bits per heavy atom. The van der Waals surface area contributed by atoms with Crippen molar-refractivity contribution in [1.29, 1.82) is 0 Å². The zero-order valence-electron chi connectivity index (χ0n) is 9.58. The highest BCUT2D eigenvalue weighted by atomic mass is 19.1. The summed E-state index contributed by atoms with van der Waals surface area (Å²) in [6.07, 6.45) is 2.01. The SMILES string of the molecule is CO[C@H]1CCNC[C@H]1Cc1ccccc1F. The molecule has 1 aliphatic heterocycles. The summed E-state index contributed by atoms with van der Waals surface area (Å²) in [7, 11) is 1.74. The largest absolute Gasteiger partial charge is 0.381 e. The first kappa shape index (κ1) is 11.6. The van der Waals surface area contributed by atoms with Gasteiger partial charge in [0.2, 0.25) is 0 Å². The summed E-state index contributed by atoms with van der Waals surface area (Å²) < 4.78 is 19.0. The van der Waals surface area contributed by atoms with Crippen molar-refractivity contribution in [3.8, 4) is 0 Å². The number of rotatable bonds is 3. The highest BCUT2D eigenvalue weighted by Crippen LogP contribution is 2.20. The van der Waals surface area contributed by atoms with Crippen LogP contribution in [0.15, 0.2) is 24.3 Å². The summed E-state index contributed by atoms with van der Waals surface area (Å²) in [4.78, 5) is 0. The van der Waals surface area contributed by atoms with Crippen LogP contribution in [-0.4, -0.2) is 26.3 Å². The lowest BCUT2D eigenvalue weighted by Crippen LogP contribution is -2.42. The Morgan fingerprint density at radius 2 is 2.25 bits per heavy atom. The number of nitrogens with one attached hydrogen (secondary N) is 1. The second-order valence-electron chi connectivity index (χ2n) is 4.32. The van der Waals surface area contributed by atoms with Gasteiger partial charge in [0, 0.05) is 19.6 Å². The van der Waals surface area contributed by atoms with Gasteiger partial charge in [-0.05, 0) is 31.0 Å². The molecule has 3 heteroatoms. The third-order valence-corrected chi connectivity index (χ3v) is 3.28. The van der Waals surface area contributed by atoms with Crippen LogP contribution in [0.25, 0.3) is 0 Å². The molecule has 0 unspecified atom stereocenters. The molecule has 2 rings (SSSR count). The molecule has 1 aromatic carbocycles. The van der Waals surface area contributed by atoms with Crippen LogP contribution in [0.3, 0.4) is 0 Å². The van der Waals surface area contributed by atoms with Crippen LogP contribution < -0.4 is 5.32 Å². The van der Waals surface area contributed by atoms with E-state index in [1.165, 1.54) is 6.07 Å². The van der Waals surface area contributed by atoms with Crippen molar-refractivity contribution < 1.29 is 9.13 Å². The van der Waals surface area contributed by atoms with E-state index in [4.69, 9.17) is 4.74 Å². The fourth-order valence-corrected chi connectivity index (χ4v) is 2.36. The van der Waals surface area contributed by atoms with Crippen LogP contribution in [0.5, 0.6) is 0 Å². The molecule has 88 valence electrons. The van der Waals surface area contributed by atoms with E-state index in [0.29, 0.717) is 5.92 Å².